The Kier molecular flexibility index (Phi) is 5.57. The van der Waals surface area contributed by atoms with E-state index in [0.717, 1.165) is 24.8 Å². The summed E-state index contributed by atoms with van der Waals surface area (Å²) >= 11 is 0. The maximum Gasteiger partial charge on any atom is 0.245 e. The first-order chi connectivity index (χ1) is 12.1. The first kappa shape index (κ1) is 17.7. The van der Waals surface area contributed by atoms with Crippen LogP contribution in [0.2, 0.25) is 0 Å². The Bertz CT molecular complexity index is 653. The van der Waals surface area contributed by atoms with Gasteiger partial charge >= 0.3 is 0 Å². The molecule has 1 fully saturated rings. The molecular weight excluding hydrogens is 312 g/mol. The van der Waals surface area contributed by atoms with Gasteiger partial charge in [0.05, 0.1) is 0 Å². The van der Waals surface area contributed by atoms with Crippen molar-refractivity contribution in [2.45, 2.75) is 64.0 Å². The highest BCUT2D eigenvalue weighted by Gasteiger charge is 2.46. The Labute approximate surface area is 150 Å². The van der Waals surface area contributed by atoms with Gasteiger partial charge in [0, 0.05) is 19.5 Å². The summed E-state index contributed by atoms with van der Waals surface area (Å²) in [6, 6.07) is 9.88. The third-order valence-electron chi connectivity index (χ3n) is 5.55. The molecule has 1 aliphatic heterocycles. The number of carbonyl (C=O) groups is 2. The van der Waals surface area contributed by atoms with Crippen LogP contribution in [0.4, 0.5) is 0 Å². The number of carbonyl (C=O) groups excluding carboxylic acids is 2. The molecule has 1 aromatic carbocycles. The summed E-state index contributed by atoms with van der Waals surface area (Å²) in [7, 11) is 0. The SMILES string of the molecule is C[C@@]1(C(=O)NCc2ccccc2)CCC(=O)N1CCC1=CCCCC1. The van der Waals surface area contributed by atoms with Crippen LogP contribution in [-0.4, -0.2) is 28.8 Å². The van der Waals surface area contributed by atoms with Crippen molar-refractivity contribution in [3.05, 3.63) is 47.5 Å². The minimum atomic E-state index is -0.721. The monoisotopic (exact) mass is 340 g/mol. The second-order valence-electron chi connectivity index (χ2n) is 7.35. The molecule has 2 amide bonds. The van der Waals surface area contributed by atoms with Crippen LogP contribution in [0, 0.1) is 0 Å². The lowest BCUT2D eigenvalue weighted by Gasteiger charge is -2.34. The molecule has 1 heterocycles. The van der Waals surface area contributed by atoms with Gasteiger partial charge in [-0.3, -0.25) is 9.59 Å². The summed E-state index contributed by atoms with van der Waals surface area (Å²) in [4.78, 5) is 27.0. The van der Waals surface area contributed by atoms with Crippen LogP contribution < -0.4 is 5.32 Å². The van der Waals surface area contributed by atoms with Gasteiger partial charge in [-0.2, -0.15) is 0 Å². The van der Waals surface area contributed by atoms with Crippen molar-refractivity contribution in [2.75, 3.05) is 6.54 Å². The number of nitrogens with one attached hydrogen (secondary N) is 1. The number of hydrogen-bond donors (Lipinski definition) is 1. The zero-order valence-electron chi connectivity index (χ0n) is 15.1. The van der Waals surface area contributed by atoms with E-state index in [1.54, 1.807) is 0 Å². The number of nitrogens with zero attached hydrogens (tertiary/aromatic N) is 1. The summed E-state index contributed by atoms with van der Waals surface area (Å²) in [6.45, 7) is 3.07. The van der Waals surface area contributed by atoms with Crippen molar-refractivity contribution in [3.8, 4) is 0 Å². The standard InChI is InChI=1S/C21H28N2O2/c1-21(20(25)22-16-18-10-6-3-7-11-18)14-12-19(24)23(21)15-13-17-8-4-2-5-9-17/h3,6-8,10-11H,2,4-5,9,12-16H2,1H3,(H,22,25)/t21-/m0/s1. The van der Waals surface area contributed by atoms with E-state index in [-0.39, 0.29) is 11.8 Å². The lowest BCUT2D eigenvalue weighted by molar-refractivity contribution is -0.140. The smallest absolute Gasteiger partial charge is 0.245 e. The van der Waals surface area contributed by atoms with Gasteiger partial charge in [0.2, 0.25) is 11.8 Å². The fourth-order valence-electron chi connectivity index (χ4n) is 3.86. The van der Waals surface area contributed by atoms with Crippen molar-refractivity contribution >= 4 is 11.8 Å². The van der Waals surface area contributed by atoms with E-state index in [9.17, 15) is 9.59 Å². The highest BCUT2D eigenvalue weighted by molar-refractivity contribution is 5.94. The van der Waals surface area contributed by atoms with Crippen molar-refractivity contribution < 1.29 is 9.59 Å². The molecule has 0 bridgehead atoms. The maximum absolute atomic E-state index is 12.8. The molecule has 0 aromatic heterocycles. The molecule has 1 N–H and O–H groups in total. The van der Waals surface area contributed by atoms with E-state index in [2.05, 4.69) is 11.4 Å². The molecule has 1 aliphatic carbocycles. The van der Waals surface area contributed by atoms with Gasteiger partial charge < -0.3 is 10.2 Å². The third-order valence-corrected chi connectivity index (χ3v) is 5.55. The average Bonchev–Trinajstić information content (AvgIpc) is 2.95. The highest BCUT2D eigenvalue weighted by Crippen LogP contribution is 2.32. The van der Waals surface area contributed by atoms with E-state index < -0.39 is 5.54 Å². The molecule has 3 rings (SSSR count). The molecule has 0 radical (unpaired) electrons. The Balaban J connectivity index is 1.61. The van der Waals surface area contributed by atoms with Crippen molar-refractivity contribution in [1.82, 2.24) is 10.2 Å². The molecule has 0 spiro atoms. The van der Waals surface area contributed by atoms with Crippen LogP contribution in [0.25, 0.3) is 0 Å². The zero-order valence-corrected chi connectivity index (χ0v) is 15.1. The number of likely N-dealkylation sites (tertiary alicyclic amines) is 1. The number of rotatable bonds is 6. The van der Waals surface area contributed by atoms with Gasteiger partial charge in [0.1, 0.15) is 5.54 Å². The highest BCUT2D eigenvalue weighted by atomic mass is 16.2. The summed E-state index contributed by atoms with van der Waals surface area (Å²) in [5.41, 5.74) is 1.79. The van der Waals surface area contributed by atoms with Crippen LogP contribution in [0.15, 0.2) is 42.0 Å². The predicted octanol–water partition coefficient (Wildman–Crippen LogP) is 3.57. The summed E-state index contributed by atoms with van der Waals surface area (Å²) in [5.74, 6) is 0.0635. The van der Waals surface area contributed by atoms with Gasteiger partial charge in [-0.05, 0) is 51.0 Å². The number of allylic oxidation sites excluding steroid dienone is 1. The van der Waals surface area contributed by atoms with Crippen LogP contribution in [-0.2, 0) is 16.1 Å². The van der Waals surface area contributed by atoms with Crippen LogP contribution in [0.5, 0.6) is 0 Å². The molecule has 4 nitrogen and oxygen atoms in total. The second-order valence-corrected chi connectivity index (χ2v) is 7.35. The first-order valence-electron chi connectivity index (χ1n) is 9.40. The quantitative estimate of drug-likeness (QED) is 0.805. The van der Waals surface area contributed by atoms with E-state index >= 15 is 0 Å². The van der Waals surface area contributed by atoms with Crippen LogP contribution >= 0.6 is 0 Å². The molecule has 134 valence electrons. The lowest BCUT2D eigenvalue weighted by atomic mass is 9.94. The Morgan fingerprint density at radius 1 is 1.20 bits per heavy atom. The summed E-state index contributed by atoms with van der Waals surface area (Å²) < 4.78 is 0. The number of amides is 2. The van der Waals surface area contributed by atoms with Crippen molar-refractivity contribution in [2.24, 2.45) is 0 Å². The third kappa shape index (κ3) is 4.12. The Morgan fingerprint density at radius 3 is 2.72 bits per heavy atom. The summed E-state index contributed by atoms with van der Waals surface area (Å²) in [6.07, 6.45) is 9.08. The molecule has 0 unspecified atom stereocenters. The van der Waals surface area contributed by atoms with E-state index in [0.29, 0.717) is 25.9 Å². The number of hydrogen-bond acceptors (Lipinski definition) is 2. The minimum Gasteiger partial charge on any atom is -0.350 e. The second kappa shape index (κ2) is 7.85. The zero-order chi connectivity index (χ0) is 17.7. The molecule has 1 aromatic rings. The normalized spacial score (nSPS) is 23.5. The molecule has 25 heavy (non-hydrogen) atoms. The predicted molar refractivity (Wildman–Crippen MR) is 98.8 cm³/mol. The molecule has 2 aliphatic rings. The summed E-state index contributed by atoms with van der Waals surface area (Å²) in [5, 5.41) is 3.02. The molecule has 1 saturated heterocycles. The molecule has 4 heteroatoms. The topological polar surface area (TPSA) is 49.4 Å². The van der Waals surface area contributed by atoms with Gasteiger partial charge in [-0.15, -0.1) is 0 Å². The van der Waals surface area contributed by atoms with Gasteiger partial charge in [-0.25, -0.2) is 0 Å². The molecule has 0 saturated carbocycles. The maximum atomic E-state index is 12.8. The first-order valence-corrected chi connectivity index (χ1v) is 9.40. The molecule has 1 atom stereocenters. The van der Waals surface area contributed by atoms with Gasteiger partial charge in [0.15, 0.2) is 0 Å². The Hall–Kier alpha value is -2.10. The largest absolute Gasteiger partial charge is 0.350 e. The average molecular weight is 340 g/mol. The number of benzene rings is 1. The fourth-order valence-corrected chi connectivity index (χ4v) is 3.86. The van der Waals surface area contributed by atoms with E-state index in [1.165, 1.54) is 18.4 Å². The van der Waals surface area contributed by atoms with Crippen molar-refractivity contribution in [3.63, 3.8) is 0 Å². The van der Waals surface area contributed by atoms with E-state index in [4.69, 9.17) is 0 Å². The van der Waals surface area contributed by atoms with Crippen LogP contribution in [0.1, 0.15) is 57.4 Å². The van der Waals surface area contributed by atoms with Crippen molar-refractivity contribution in [1.29, 1.82) is 0 Å². The van der Waals surface area contributed by atoms with E-state index in [1.807, 2.05) is 42.2 Å². The van der Waals surface area contributed by atoms with Crippen LogP contribution in [0.3, 0.4) is 0 Å². The lowest BCUT2D eigenvalue weighted by Crippen LogP contribution is -2.54. The van der Waals surface area contributed by atoms with Gasteiger partial charge in [0.25, 0.3) is 0 Å². The van der Waals surface area contributed by atoms with Gasteiger partial charge in [-0.1, -0.05) is 42.0 Å². The Morgan fingerprint density at radius 2 is 2.00 bits per heavy atom. The fraction of sp³-hybridized carbons (Fsp3) is 0.524. The molecular formula is C21H28N2O2. The minimum absolute atomic E-state index is 0.0418.